The highest BCUT2D eigenvalue weighted by Gasteiger charge is 2.27. The molecule has 0 spiro atoms. The van der Waals surface area contributed by atoms with Gasteiger partial charge in [-0.3, -0.25) is 9.59 Å². The minimum absolute atomic E-state index is 0.111. The van der Waals surface area contributed by atoms with Gasteiger partial charge in [-0.1, -0.05) is 12.1 Å². The number of fused-ring (bicyclic) bond motifs is 1. The molecule has 1 fully saturated rings. The molecule has 7 nitrogen and oxygen atoms in total. The van der Waals surface area contributed by atoms with Crippen LogP contribution in [-0.4, -0.2) is 43.8 Å². The minimum Gasteiger partial charge on any atom is -0.342 e. The number of aromatic amines is 2. The Balaban J connectivity index is 1.48. The number of nitrogens with zero attached hydrogens (tertiary/aromatic N) is 3. The van der Waals surface area contributed by atoms with Gasteiger partial charge in [0, 0.05) is 25.7 Å². The number of likely N-dealkylation sites (tertiary alicyclic amines) is 1. The number of H-pyrrole nitrogens is 2. The first kappa shape index (κ1) is 16.5. The van der Waals surface area contributed by atoms with Crippen LogP contribution in [0.4, 0.5) is 0 Å². The standard InChI is InChI=1S/C19H21N5O2/c1-12-20-10-14(18(25)21-12)19(26)24-8-4-5-13(11-24)9-17-22-15-6-2-3-7-16(15)23-17/h2-3,6-7,10,13H,4-5,8-9,11H2,1H3,(H,22,23)(H,20,21,25)/t13-/m0/s1. The molecule has 7 heteroatoms. The molecule has 1 aliphatic heterocycles. The fourth-order valence-corrected chi connectivity index (χ4v) is 3.60. The molecular formula is C19H21N5O2. The van der Waals surface area contributed by atoms with E-state index in [4.69, 9.17) is 0 Å². The van der Waals surface area contributed by atoms with Gasteiger partial charge in [-0.2, -0.15) is 0 Å². The largest absolute Gasteiger partial charge is 0.342 e. The molecule has 4 rings (SSSR count). The van der Waals surface area contributed by atoms with Crippen molar-refractivity contribution in [3.63, 3.8) is 0 Å². The molecule has 0 unspecified atom stereocenters. The number of hydrogen-bond acceptors (Lipinski definition) is 4. The van der Waals surface area contributed by atoms with Crippen molar-refractivity contribution in [3.8, 4) is 0 Å². The second-order valence-electron chi connectivity index (χ2n) is 6.88. The molecule has 0 aliphatic carbocycles. The van der Waals surface area contributed by atoms with Crippen molar-refractivity contribution in [1.82, 2.24) is 24.8 Å². The zero-order valence-corrected chi connectivity index (χ0v) is 14.7. The summed E-state index contributed by atoms with van der Waals surface area (Å²) in [6.45, 7) is 2.99. The summed E-state index contributed by atoms with van der Waals surface area (Å²) >= 11 is 0. The number of hydrogen-bond donors (Lipinski definition) is 2. The molecule has 3 aromatic rings. The van der Waals surface area contributed by atoms with Gasteiger partial charge in [0.2, 0.25) is 0 Å². The van der Waals surface area contributed by atoms with Gasteiger partial charge >= 0.3 is 0 Å². The third-order valence-corrected chi connectivity index (χ3v) is 4.88. The SMILES string of the molecule is Cc1ncc(C(=O)N2CCC[C@@H](Cc3nc4ccccc4[nH]3)C2)c(=O)[nH]1. The molecular weight excluding hydrogens is 330 g/mol. The summed E-state index contributed by atoms with van der Waals surface area (Å²) in [6, 6.07) is 7.96. The molecule has 2 N–H and O–H groups in total. The number of benzene rings is 1. The molecule has 0 radical (unpaired) electrons. The number of imidazole rings is 1. The number of carbonyl (C=O) groups excluding carboxylic acids is 1. The van der Waals surface area contributed by atoms with Crippen LogP contribution < -0.4 is 5.56 Å². The Morgan fingerprint density at radius 2 is 2.15 bits per heavy atom. The highest BCUT2D eigenvalue weighted by molar-refractivity contribution is 5.93. The van der Waals surface area contributed by atoms with Gasteiger partial charge in [0.05, 0.1) is 11.0 Å². The van der Waals surface area contributed by atoms with E-state index in [2.05, 4.69) is 19.9 Å². The summed E-state index contributed by atoms with van der Waals surface area (Å²) in [4.78, 5) is 41.1. The summed E-state index contributed by atoms with van der Waals surface area (Å²) < 4.78 is 0. The minimum atomic E-state index is -0.373. The quantitative estimate of drug-likeness (QED) is 0.755. The normalized spacial score (nSPS) is 17.6. The van der Waals surface area contributed by atoms with Gasteiger partial charge in [0.15, 0.2) is 0 Å². The average Bonchev–Trinajstić information content (AvgIpc) is 3.03. The van der Waals surface area contributed by atoms with E-state index in [1.54, 1.807) is 11.8 Å². The fourth-order valence-electron chi connectivity index (χ4n) is 3.60. The molecule has 134 valence electrons. The zero-order chi connectivity index (χ0) is 18.1. The van der Waals surface area contributed by atoms with Gasteiger partial charge in [0.25, 0.3) is 11.5 Å². The van der Waals surface area contributed by atoms with Crippen LogP contribution >= 0.6 is 0 Å². The second kappa shape index (κ2) is 6.74. The second-order valence-corrected chi connectivity index (χ2v) is 6.88. The molecule has 0 bridgehead atoms. The molecule has 1 aromatic carbocycles. The Morgan fingerprint density at radius 1 is 1.31 bits per heavy atom. The van der Waals surface area contributed by atoms with E-state index in [0.717, 1.165) is 36.1 Å². The van der Waals surface area contributed by atoms with E-state index in [9.17, 15) is 9.59 Å². The lowest BCUT2D eigenvalue weighted by Crippen LogP contribution is -2.42. The highest BCUT2D eigenvalue weighted by Crippen LogP contribution is 2.22. The molecule has 1 saturated heterocycles. The van der Waals surface area contributed by atoms with Crippen molar-refractivity contribution in [1.29, 1.82) is 0 Å². The first-order chi connectivity index (χ1) is 12.6. The predicted molar refractivity (Wildman–Crippen MR) is 98.0 cm³/mol. The van der Waals surface area contributed by atoms with Gasteiger partial charge in [-0.05, 0) is 37.8 Å². The number of para-hydroxylation sites is 2. The number of nitrogens with one attached hydrogen (secondary N) is 2. The predicted octanol–water partition coefficient (Wildman–Crippen LogP) is 2.05. The molecule has 1 atom stereocenters. The van der Waals surface area contributed by atoms with Gasteiger partial charge in [-0.15, -0.1) is 0 Å². The monoisotopic (exact) mass is 351 g/mol. The van der Waals surface area contributed by atoms with Crippen molar-refractivity contribution in [2.24, 2.45) is 5.92 Å². The molecule has 2 aromatic heterocycles. The third-order valence-electron chi connectivity index (χ3n) is 4.88. The van der Waals surface area contributed by atoms with E-state index in [1.807, 2.05) is 24.3 Å². The van der Waals surface area contributed by atoms with Crippen LogP contribution in [0.3, 0.4) is 0 Å². The van der Waals surface area contributed by atoms with E-state index >= 15 is 0 Å². The van der Waals surface area contributed by atoms with Gasteiger partial charge in [0.1, 0.15) is 17.2 Å². The van der Waals surface area contributed by atoms with Gasteiger partial charge in [-0.25, -0.2) is 9.97 Å². The first-order valence-corrected chi connectivity index (χ1v) is 8.89. The summed E-state index contributed by atoms with van der Waals surface area (Å²) in [5.41, 5.74) is 1.73. The topological polar surface area (TPSA) is 94.7 Å². The van der Waals surface area contributed by atoms with Crippen LogP contribution in [0.2, 0.25) is 0 Å². The van der Waals surface area contributed by atoms with Crippen LogP contribution in [-0.2, 0) is 6.42 Å². The van der Waals surface area contributed by atoms with Crippen molar-refractivity contribution >= 4 is 16.9 Å². The summed E-state index contributed by atoms with van der Waals surface area (Å²) in [5, 5.41) is 0. The summed E-state index contributed by atoms with van der Waals surface area (Å²) in [7, 11) is 0. The van der Waals surface area contributed by atoms with E-state index < -0.39 is 0 Å². The Kier molecular flexibility index (Phi) is 4.28. The lowest BCUT2D eigenvalue weighted by Gasteiger charge is -2.32. The summed E-state index contributed by atoms with van der Waals surface area (Å²) in [6.07, 6.45) is 4.14. The number of rotatable bonds is 3. The number of aryl methyl sites for hydroxylation is 1. The fraction of sp³-hybridized carbons (Fsp3) is 0.368. The Morgan fingerprint density at radius 3 is 2.96 bits per heavy atom. The van der Waals surface area contributed by atoms with Crippen molar-refractivity contribution in [2.75, 3.05) is 13.1 Å². The highest BCUT2D eigenvalue weighted by atomic mass is 16.2. The smallest absolute Gasteiger partial charge is 0.263 e. The van der Waals surface area contributed by atoms with E-state index in [0.29, 0.717) is 24.8 Å². The summed E-state index contributed by atoms with van der Waals surface area (Å²) in [5.74, 6) is 1.53. The van der Waals surface area contributed by atoms with Crippen molar-refractivity contribution in [3.05, 3.63) is 58.0 Å². The number of amides is 1. The molecule has 0 saturated carbocycles. The average molecular weight is 351 g/mol. The Labute approximate surface area is 150 Å². The van der Waals surface area contributed by atoms with E-state index in [-0.39, 0.29) is 17.0 Å². The Bertz CT molecular complexity index is 973. The van der Waals surface area contributed by atoms with Crippen LogP contribution in [0.25, 0.3) is 11.0 Å². The molecule has 1 amide bonds. The van der Waals surface area contributed by atoms with Gasteiger partial charge < -0.3 is 14.9 Å². The van der Waals surface area contributed by atoms with Crippen LogP contribution in [0.1, 0.15) is 34.8 Å². The lowest BCUT2D eigenvalue weighted by molar-refractivity contribution is 0.0670. The molecule has 26 heavy (non-hydrogen) atoms. The maximum atomic E-state index is 12.7. The molecule has 3 heterocycles. The third kappa shape index (κ3) is 3.24. The maximum Gasteiger partial charge on any atom is 0.263 e. The number of piperidine rings is 1. The van der Waals surface area contributed by atoms with Crippen LogP contribution in [0, 0.1) is 12.8 Å². The number of aromatic nitrogens is 4. The lowest BCUT2D eigenvalue weighted by atomic mass is 9.94. The van der Waals surface area contributed by atoms with E-state index in [1.165, 1.54) is 6.20 Å². The van der Waals surface area contributed by atoms with Crippen LogP contribution in [0.15, 0.2) is 35.3 Å². The zero-order valence-electron chi connectivity index (χ0n) is 14.7. The van der Waals surface area contributed by atoms with Crippen molar-refractivity contribution in [2.45, 2.75) is 26.2 Å². The maximum absolute atomic E-state index is 12.7. The Hall–Kier alpha value is -2.96. The number of carbonyl (C=O) groups is 1. The van der Waals surface area contributed by atoms with Crippen molar-refractivity contribution < 1.29 is 4.79 Å². The first-order valence-electron chi connectivity index (χ1n) is 8.89. The molecule has 1 aliphatic rings. The van der Waals surface area contributed by atoms with Crippen LogP contribution in [0.5, 0.6) is 0 Å².